The molecule has 26 heavy (non-hydrogen) atoms. The van der Waals surface area contributed by atoms with Crippen molar-refractivity contribution in [3.8, 4) is 0 Å². The van der Waals surface area contributed by atoms with E-state index in [1.165, 1.54) is 13.4 Å². The number of halogens is 6. The Morgan fingerprint density at radius 1 is 0.423 bits per heavy atom. The molecular weight excluding hydrogens is 484 g/mol. The Bertz CT molecular complexity index is 716. The van der Waals surface area contributed by atoms with Crippen LogP contribution in [-0.4, -0.2) is 28.1 Å². The summed E-state index contributed by atoms with van der Waals surface area (Å²) >= 11 is -12.2. The van der Waals surface area contributed by atoms with Crippen LogP contribution in [0, 0.1) is 0 Å². The zero-order valence-electron chi connectivity index (χ0n) is 13.3. The molecule has 8 heteroatoms. The fraction of sp³-hybridized carbons (Fsp3) is 0. The molecule has 0 unspecified atom stereocenters. The van der Waals surface area contributed by atoms with E-state index in [9.17, 15) is 20.8 Å². The summed E-state index contributed by atoms with van der Waals surface area (Å²) in [7, 11) is 0. The van der Waals surface area contributed by atoms with Crippen LogP contribution in [0.1, 0.15) is 0 Å². The molecule has 0 saturated carbocycles. The Balaban J connectivity index is 0.000000298. The predicted molar refractivity (Wildman–Crippen MR) is 96.4 cm³/mol. The second kappa shape index (κ2) is 7.14. The maximum atomic E-state index is 9.91. The van der Waals surface area contributed by atoms with Crippen molar-refractivity contribution >= 4 is 41.5 Å². The van der Waals surface area contributed by atoms with Crippen LogP contribution in [0.3, 0.4) is 0 Å². The first-order chi connectivity index (χ1) is 11.9. The Morgan fingerprint density at radius 3 is 0.808 bits per heavy atom. The topological polar surface area (TPSA) is 0 Å². The fourth-order valence-electron chi connectivity index (χ4n) is 2.08. The molecule has 0 amide bonds. The number of rotatable bonds is 3. The standard InChI is InChI=1S/C18H15Se.AsF6/c1-4-10-16(11-5-1)19(17-12-6-2-7-13-17)18-14-8-3-9-15-18;2-1(3,4,5,6)7/h1-15H;/q+1;-1. The zero-order chi connectivity index (χ0) is 19.3. The van der Waals surface area contributed by atoms with Gasteiger partial charge in [-0.3, -0.25) is 0 Å². The van der Waals surface area contributed by atoms with Gasteiger partial charge in [-0.1, -0.05) is 0 Å². The van der Waals surface area contributed by atoms with Crippen molar-refractivity contribution in [2.75, 3.05) is 0 Å². The van der Waals surface area contributed by atoms with E-state index in [4.69, 9.17) is 0 Å². The fourth-order valence-corrected chi connectivity index (χ4v) is 6.49. The van der Waals surface area contributed by atoms with E-state index in [0.717, 1.165) is 0 Å². The molecule has 3 aromatic rings. The molecule has 3 aromatic carbocycles. The molecule has 140 valence electrons. The van der Waals surface area contributed by atoms with E-state index < -0.39 is 28.1 Å². The van der Waals surface area contributed by atoms with E-state index in [0.29, 0.717) is 0 Å². The van der Waals surface area contributed by atoms with E-state index in [2.05, 4.69) is 91.0 Å². The molecule has 0 nitrogen and oxygen atoms in total. The Hall–Kier alpha value is -1.68. The Kier molecular flexibility index (Phi) is 5.67. The average Bonchev–Trinajstić information content (AvgIpc) is 2.55. The molecule has 0 saturated heterocycles. The van der Waals surface area contributed by atoms with Gasteiger partial charge in [0, 0.05) is 0 Å². The van der Waals surface area contributed by atoms with Crippen LogP contribution in [0.5, 0.6) is 0 Å². The molecule has 0 bridgehead atoms. The first-order valence-electron chi connectivity index (χ1n) is 7.36. The van der Waals surface area contributed by atoms with Crippen molar-refractivity contribution < 1.29 is 20.8 Å². The summed E-state index contributed by atoms with van der Waals surface area (Å²) in [4.78, 5) is 0. The van der Waals surface area contributed by atoms with Gasteiger partial charge in [0.1, 0.15) is 0 Å². The third kappa shape index (κ3) is 8.61. The minimum absolute atomic E-state index is 1.15. The zero-order valence-corrected chi connectivity index (χ0v) is 16.9. The van der Waals surface area contributed by atoms with Gasteiger partial charge in [-0.15, -0.1) is 0 Å². The molecule has 0 spiro atoms. The van der Waals surface area contributed by atoms with Crippen LogP contribution < -0.4 is 13.4 Å². The van der Waals surface area contributed by atoms with Crippen LogP contribution in [0.15, 0.2) is 91.0 Å². The van der Waals surface area contributed by atoms with Crippen LogP contribution in [0.2, 0.25) is 0 Å². The Labute approximate surface area is 153 Å². The number of hydrogen-bond acceptors (Lipinski definition) is 0. The normalized spacial score (nSPS) is 14.0. The van der Waals surface area contributed by atoms with Crippen molar-refractivity contribution in [1.82, 2.24) is 0 Å². The van der Waals surface area contributed by atoms with Crippen molar-refractivity contribution in [3.05, 3.63) is 91.0 Å². The molecule has 0 aliphatic rings. The van der Waals surface area contributed by atoms with Crippen molar-refractivity contribution in [2.45, 2.75) is 0 Å². The van der Waals surface area contributed by atoms with Crippen LogP contribution in [0.25, 0.3) is 0 Å². The summed E-state index contributed by atoms with van der Waals surface area (Å²) in [5.74, 6) is 0. The van der Waals surface area contributed by atoms with Crippen LogP contribution >= 0.6 is 0 Å². The maximum absolute atomic E-state index is 11.1. The summed E-state index contributed by atoms with van der Waals surface area (Å²) in [5, 5.41) is 0. The second-order valence-electron chi connectivity index (χ2n) is 5.20. The number of benzene rings is 3. The first kappa shape index (κ1) is 20.6. The molecule has 0 aromatic heterocycles. The Morgan fingerprint density at radius 2 is 0.615 bits per heavy atom. The third-order valence-electron chi connectivity index (χ3n) is 2.94. The molecular formula is C18H15AsF6Se. The van der Waals surface area contributed by atoms with Gasteiger partial charge < -0.3 is 0 Å². The summed E-state index contributed by atoms with van der Waals surface area (Å²) in [6.07, 6.45) is 0. The summed E-state index contributed by atoms with van der Waals surface area (Å²) in [6, 6.07) is 32.6. The van der Waals surface area contributed by atoms with E-state index >= 15 is 0 Å². The average molecular weight is 499 g/mol. The monoisotopic (exact) mass is 500 g/mol. The van der Waals surface area contributed by atoms with Gasteiger partial charge in [-0.25, -0.2) is 0 Å². The first-order valence-corrected chi connectivity index (χ1v) is 14.2. The molecule has 0 heterocycles. The van der Waals surface area contributed by atoms with Gasteiger partial charge >= 0.3 is 153 Å². The van der Waals surface area contributed by atoms with E-state index in [1.54, 1.807) is 0 Å². The molecule has 0 aliphatic carbocycles. The van der Waals surface area contributed by atoms with Crippen molar-refractivity contribution in [2.24, 2.45) is 0 Å². The van der Waals surface area contributed by atoms with Crippen LogP contribution in [0.4, 0.5) is 20.8 Å². The molecule has 0 atom stereocenters. The molecule has 0 fully saturated rings. The van der Waals surface area contributed by atoms with Crippen molar-refractivity contribution in [1.29, 1.82) is 0 Å². The van der Waals surface area contributed by atoms with Gasteiger partial charge in [-0.2, -0.15) is 0 Å². The third-order valence-corrected chi connectivity index (χ3v) is 7.62. The quantitative estimate of drug-likeness (QED) is 0.372. The summed E-state index contributed by atoms with van der Waals surface area (Å²) in [6.45, 7) is 0. The second-order valence-corrected chi connectivity index (χ2v) is 13.5. The van der Waals surface area contributed by atoms with Gasteiger partial charge in [0.15, 0.2) is 0 Å². The van der Waals surface area contributed by atoms with E-state index in [1.807, 2.05) is 0 Å². The predicted octanol–water partition coefficient (Wildman–Crippen LogP) is 4.34. The molecule has 0 aliphatic heterocycles. The molecule has 0 radical (unpaired) electrons. The summed E-state index contributed by atoms with van der Waals surface area (Å²) < 4.78 is 63.8. The SMILES string of the molecule is F[As-](F)(F)(F)(F)F.c1ccc([Se+](c2ccccc2)c2ccccc2)cc1. The van der Waals surface area contributed by atoms with Gasteiger partial charge in [0.25, 0.3) is 0 Å². The van der Waals surface area contributed by atoms with Crippen molar-refractivity contribution in [3.63, 3.8) is 0 Å². The summed E-state index contributed by atoms with van der Waals surface area (Å²) in [5.41, 5.74) is 0. The molecule has 0 N–H and O–H groups in total. The number of hydrogen-bond donors (Lipinski definition) is 0. The van der Waals surface area contributed by atoms with Gasteiger partial charge in [-0.05, 0) is 0 Å². The van der Waals surface area contributed by atoms with Crippen LogP contribution in [-0.2, 0) is 0 Å². The molecule has 3 rings (SSSR count). The van der Waals surface area contributed by atoms with E-state index in [-0.39, 0.29) is 0 Å². The minimum atomic E-state index is -11.1. The van der Waals surface area contributed by atoms with Gasteiger partial charge in [0.05, 0.1) is 0 Å². The van der Waals surface area contributed by atoms with Gasteiger partial charge in [0.2, 0.25) is 0 Å².